The number of hydrogen-bond donors (Lipinski definition) is 2. The number of nitrogens with zero attached hydrogens (tertiary/aromatic N) is 1. The largest absolute Gasteiger partial charge is 0.370 e. The first-order valence-corrected chi connectivity index (χ1v) is 9.10. The van der Waals surface area contributed by atoms with E-state index in [2.05, 4.69) is 5.32 Å². The Kier molecular flexibility index (Phi) is 6.08. The van der Waals surface area contributed by atoms with Gasteiger partial charge in [-0.15, -0.1) is 0 Å². The predicted octanol–water partition coefficient (Wildman–Crippen LogP) is 2.69. The Balaban J connectivity index is 1.71. The number of carbonyl (C=O) groups excluding carboxylic acids is 2. The van der Waals surface area contributed by atoms with Gasteiger partial charge in [-0.05, 0) is 23.6 Å². The Morgan fingerprint density at radius 1 is 1.19 bits per heavy atom. The topological polar surface area (TPSA) is 84.7 Å². The number of nitrogens with two attached hydrogens (primary N) is 1. The number of benzene rings is 2. The number of amides is 3. The van der Waals surface area contributed by atoms with Crippen LogP contribution in [-0.2, 0) is 9.53 Å². The van der Waals surface area contributed by atoms with Gasteiger partial charge >= 0.3 is 6.03 Å². The molecule has 1 fully saturated rings. The summed E-state index contributed by atoms with van der Waals surface area (Å²) in [6, 6.07) is 16.5. The third-order valence-electron chi connectivity index (χ3n) is 4.85. The average molecular weight is 367 g/mol. The minimum Gasteiger partial charge on any atom is -0.370 e. The Hall–Kier alpha value is -2.86. The maximum absolute atomic E-state index is 12.9. The van der Waals surface area contributed by atoms with E-state index in [0.717, 1.165) is 16.7 Å². The van der Waals surface area contributed by atoms with E-state index in [9.17, 15) is 9.59 Å². The molecule has 1 aliphatic heterocycles. The van der Waals surface area contributed by atoms with Crippen LogP contribution in [0.2, 0.25) is 0 Å². The lowest BCUT2D eigenvalue weighted by atomic mass is 9.98. The molecule has 0 unspecified atom stereocenters. The molecule has 2 aromatic carbocycles. The van der Waals surface area contributed by atoms with Crippen LogP contribution in [-0.4, -0.2) is 36.5 Å². The summed E-state index contributed by atoms with van der Waals surface area (Å²) < 4.78 is 5.83. The summed E-state index contributed by atoms with van der Waals surface area (Å²) in [5, 5.41) is 2.71. The van der Waals surface area contributed by atoms with Crippen molar-refractivity contribution >= 4 is 11.9 Å². The third-order valence-corrected chi connectivity index (χ3v) is 4.85. The van der Waals surface area contributed by atoms with Crippen molar-refractivity contribution in [2.24, 2.45) is 5.73 Å². The highest BCUT2D eigenvalue weighted by Crippen LogP contribution is 2.25. The number of morpholine rings is 1. The second kappa shape index (κ2) is 8.68. The maximum Gasteiger partial charge on any atom is 0.312 e. The van der Waals surface area contributed by atoms with Crippen LogP contribution in [0.5, 0.6) is 0 Å². The van der Waals surface area contributed by atoms with Crippen LogP contribution >= 0.6 is 0 Å². The summed E-state index contributed by atoms with van der Waals surface area (Å²) in [7, 11) is 0. The Morgan fingerprint density at radius 2 is 1.89 bits per heavy atom. The lowest BCUT2D eigenvalue weighted by Gasteiger charge is -2.34. The average Bonchev–Trinajstić information content (AvgIpc) is 2.68. The van der Waals surface area contributed by atoms with Crippen LogP contribution in [0.25, 0.3) is 0 Å². The zero-order valence-electron chi connectivity index (χ0n) is 15.4. The smallest absolute Gasteiger partial charge is 0.312 e. The molecule has 3 rings (SSSR count). The number of primary amides is 1. The van der Waals surface area contributed by atoms with E-state index in [4.69, 9.17) is 10.5 Å². The summed E-state index contributed by atoms with van der Waals surface area (Å²) in [5.74, 6) is -0.0266. The van der Waals surface area contributed by atoms with E-state index in [1.165, 1.54) is 0 Å². The highest BCUT2D eigenvalue weighted by Gasteiger charge is 2.28. The molecule has 0 aromatic heterocycles. The van der Waals surface area contributed by atoms with Crippen LogP contribution in [0.15, 0.2) is 54.6 Å². The van der Waals surface area contributed by atoms with Gasteiger partial charge in [-0.2, -0.15) is 0 Å². The number of rotatable bonds is 5. The van der Waals surface area contributed by atoms with Crippen molar-refractivity contribution in [2.45, 2.75) is 25.5 Å². The van der Waals surface area contributed by atoms with Gasteiger partial charge in [-0.1, -0.05) is 54.6 Å². The van der Waals surface area contributed by atoms with E-state index in [1.54, 1.807) is 4.90 Å². The Bertz CT molecular complexity index is 794. The minimum absolute atomic E-state index is 0.0266. The third kappa shape index (κ3) is 4.86. The van der Waals surface area contributed by atoms with E-state index in [-0.39, 0.29) is 18.4 Å². The molecular weight excluding hydrogens is 342 g/mol. The van der Waals surface area contributed by atoms with Gasteiger partial charge in [0.1, 0.15) is 6.10 Å². The van der Waals surface area contributed by atoms with Crippen molar-refractivity contribution < 1.29 is 14.3 Å². The monoisotopic (exact) mass is 367 g/mol. The molecule has 142 valence electrons. The first-order valence-electron chi connectivity index (χ1n) is 9.10. The first-order chi connectivity index (χ1) is 13.0. The molecule has 2 atom stereocenters. The van der Waals surface area contributed by atoms with E-state index in [1.807, 2.05) is 61.5 Å². The van der Waals surface area contributed by atoms with Gasteiger partial charge in [0, 0.05) is 6.54 Å². The molecule has 0 aliphatic carbocycles. The van der Waals surface area contributed by atoms with Crippen LogP contribution in [0.3, 0.4) is 0 Å². The molecule has 0 saturated carbocycles. The summed E-state index contributed by atoms with van der Waals surface area (Å²) in [6.07, 6.45) is 0.0277. The second-order valence-corrected chi connectivity index (χ2v) is 6.73. The lowest BCUT2D eigenvalue weighted by molar-refractivity contribution is -0.139. The van der Waals surface area contributed by atoms with Crippen molar-refractivity contribution in [3.8, 4) is 0 Å². The van der Waals surface area contributed by atoms with Crippen molar-refractivity contribution in [3.63, 3.8) is 0 Å². The quantitative estimate of drug-likeness (QED) is 0.852. The van der Waals surface area contributed by atoms with Crippen molar-refractivity contribution in [1.82, 2.24) is 10.2 Å². The van der Waals surface area contributed by atoms with Crippen LogP contribution in [0.1, 0.15) is 35.3 Å². The number of carbonyl (C=O) groups is 2. The maximum atomic E-state index is 12.9. The predicted molar refractivity (Wildman–Crippen MR) is 103 cm³/mol. The lowest BCUT2D eigenvalue weighted by Crippen LogP contribution is -2.44. The minimum atomic E-state index is -0.639. The van der Waals surface area contributed by atoms with Gasteiger partial charge in [0.05, 0.1) is 25.6 Å². The van der Waals surface area contributed by atoms with Gasteiger partial charge in [0.25, 0.3) is 0 Å². The highest BCUT2D eigenvalue weighted by molar-refractivity contribution is 5.79. The SMILES string of the molecule is Cc1ccccc1[C@H](CC(=O)N1CCO[C@H](c2ccccc2)C1)NC(N)=O. The van der Waals surface area contributed by atoms with Crippen LogP contribution < -0.4 is 11.1 Å². The fourth-order valence-electron chi connectivity index (χ4n) is 3.44. The van der Waals surface area contributed by atoms with E-state index < -0.39 is 12.1 Å². The number of hydrogen-bond acceptors (Lipinski definition) is 3. The highest BCUT2D eigenvalue weighted by atomic mass is 16.5. The molecule has 1 saturated heterocycles. The molecule has 6 nitrogen and oxygen atoms in total. The molecule has 0 radical (unpaired) electrons. The normalized spacial score (nSPS) is 18.0. The molecule has 0 spiro atoms. The van der Waals surface area contributed by atoms with Crippen molar-refractivity contribution in [1.29, 1.82) is 0 Å². The molecule has 1 aliphatic rings. The summed E-state index contributed by atoms with van der Waals surface area (Å²) >= 11 is 0. The van der Waals surface area contributed by atoms with Crippen molar-refractivity contribution in [2.75, 3.05) is 19.7 Å². The number of ether oxygens (including phenoxy) is 1. The van der Waals surface area contributed by atoms with Gasteiger partial charge in [0.15, 0.2) is 0 Å². The van der Waals surface area contributed by atoms with Crippen LogP contribution in [0, 0.1) is 6.92 Å². The fraction of sp³-hybridized carbons (Fsp3) is 0.333. The van der Waals surface area contributed by atoms with E-state index in [0.29, 0.717) is 19.7 Å². The fourth-order valence-corrected chi connectivity index (χ4v) is 3.44. The molecule has 3 amide bonds. The molecule has 6 heteroatoms. The number of aryl methyl sites for hydroxylation is 1. The van der Waals surface area contributed by atoms with Gasteiger partial charge < -0.3 is 20.7 Å². The molecular formula is C21H25N3O3. The molecule has 1 heterocycles. The standard InChI is InChI=1S/C21H25N3O3/c1-15-7-5-6-10-17(15)18(23-21(22)26)13-20(25)24-11-12-27-19(14-24)16-8-3-2-4-9-16/h2-10,18-19H,11-14H2,1H3,(H3,22,23,26)/t18-,19-/m0/s1. The molecule has 27 heavy (non-hydrogen) atoms. The number of nitrogens with one attached hydrogen (secondary N) is 1. The zero-order valence-corrected chi connectivity index (χ0v) is 15.4. The second-order valence-electron chi connectivity index (χ2n) is 6.73. The molecule has 3 N–H and O–H groups in total. The molecule has 2 aromatic rings. The van der Waals surface area contributed by atoms with Crippen molar-refractivity contribution in [3.05, 3.63) is 71.3 Å². The summed E-state index contributed by atoms with van der Waals surface area (Å²) in [6.45, 7) is 3.48. The summed E-state index contributed by atoms with van der Waals surface area (Å²) in [5.41, 5.74) is 8.30. The Morgan fingerprint density at radius 3 is 2.59 bits per heavy atom. The van der Waals surface area contributed by atoms with E-state index >= 15 is 0 Å². The zero-order chi connectivity index (χ0) is 19.2. The molecule has 0 bridgehead atoms. The van der Waals surface area contributed by atoms with Gasteiger partial charge in [-0.25, -0.2) is 4.79 Å². The summed E-state index contributed by atoms with van der Waals surface area (Å²) in [4.78, 5) is 26.2. The van der Waals surface area contributed by atoms with Crippen LogP contribution in [0.4, 0.5) is 4.79 Å². The van der Waals surface area contributed by atoms with Gasteiger partial charge in [-0.3, -0.25) is 4.79 Å². The Labute approximate surface area is 159 Å². The van der Waals surface area contributed by atoms with Gasteiger partial charge in [0.2, 0.25) is 5.91 Å². The first kappa shape index (κ1) is 18.9. The number of urea groups is 1.